The van der Waals surface area contributed by atoms with Gasteiger partial charge in [0.2, 0.25) is 0 Å². The van der Waals surface area contributed by atoms with Gasteiger partial charge in [-0.05, 0) is 70.7 Å². The van der Waals surface area contributed by atoms with Crippen LogP contribution in [0, 0.1) is 0 Å². The van der Waals surface area contributed by atoms with Crippen LogP contribution < -0.4 is 5.63 Å². The van der Waals surface area contributed by atoms with E-state index in [4.69, 9.17) is 4.42 Å². The third-order valence-corrected chi connectivity index (χ3v) is 7.68. The van der Waals surface area contributed by atoms with Crippen molar-refractivity contribution >= 4 is 26.6 Å². The van der Waals surface area contributed by atoms with Gasteiger partial charge in [0.15, 0.2) is 15.6 Å². The monoisotopic (exact) mass is 406 g/mol. The first-order valence-corrected chi connectivity index (χ1v) is 11.5. The Morgan fingerprint density at radius 1 is 1.00 bits per heavy atom. The summed E-state index contributed by atoms with van der Waals surface area (Å²) in [5.41, 5.74) is 1.10. The lowest BCUT2D eigenvalue weighted by molar-refractivity contribution is 0.101. The molecule has 6 heteroatoms. The molecule has 0 saturated heterocycles. The molecule has 0 N–H and O–H groups in total. The summed E-state index contributed by atoms with van der Waals surface area (Å²) in [6, 6.07) is 7.27. The lowest BCUT2D eigenvalue weighted by Gasteiger charge is -2.18. The summed E-state index contributed by atoms with van der Waals surface area (Å²) in [4.78, 5) is 23.3. The number of rotatable bonds is 9. The highest BCUT2D eigenvalue weighted by Gasteiger charge is 2.27. The Bertz CT molecular complexity index is 994. The zero-order valence-electron chi connectivity index (χ0n) is 17.2. The van der Waals surface area contributed by atoms with Crippen molar-refractivity contribution in [3.05, 3.63) is 45.8 Å². The van der Waals surface area contributed by atoms with Gasteiger partial charge in [0.1, 0.15) is 11.1 Å². The van der Waals surface area contributed by atoms with Gasteiger partial charge in [0.05, 0.1) is 10.5 Å². The molecule has 0 aliphatic rings. The van der Waals surface area contributed by atoms with Crippen molar-refractivity contribution in [2.45, 2.75) is 71.0 Å². The number of carbonyl (C=O) groups is 1. The maximum absolute atomic E-state index is 12.1. The smallest absolute Gasteiger partial charge is 0.347 e. The maximum Gasteiger partial charge on any atom is 0.347 e. The number of Topliss-reactive ketones (excluding diaryl/α,β-unsaturated/α-hetero) is 1. The molecule has 5 nitrogen and oxygen atoms in total. The number of ketones is 1. The fourth-order valence-corrected chi connectivity index (χ4v) is 4.23. The Hall–Kier alpha value is -1.95. The van der Waals surface area contributed by atoms with Gasteiger partial charge in [-0.25, -0.2) is 13.2 Å². The summed E-state index contributed by atoms with van der Waals surface area (Å²) in [6.45, 7) is 6.60. The van der Waals surface area contributed by atoms with Crippen LogP contribution in [0.15, 0.2) is 33.5 Å². The van der Waals surface area contributed by atoms with Crippen molar-refractivity contribution < 1.29 is 17.6 Å². The zero-order chi connectivity index (χ0) is 20.9. The highest BCUT2D eigenvalue weighted by molar-refractivity contribution is 7.92. The average Bonchev–Trinajstić information content (AvgIpc) is 2.59. The topological polar surface area (TPSA) is 81.4 Å². The van der Waals surface area contributed by atoms with Gasteiger partial charge in [0, 0.05) is 5.39 Å². The highest BCUT2D eigenvalue weighted by atomic mass is 32.2. The predicted molar refractivity (Wildman–Crippen MR) is 113 cm³/mol. The van der Waals surface area contributed by atoms with Crippen LogP contribution in [-0.4, -0.2) is 24.7 Å². The Morgan fingerprint density at radius 2 is 1.64 bits per heavy atom. The van der Waals surface area contributed by atoms with Crippen molar-refractivity contribution in [1.82, 2.24) is 0 Å². The summed E-state index contributed by atoms with van der Waals surface area (Å²) in [7, 11) is -3.02. The second-order valence-electron chi connectivity index (χ2n) is 8.32. The molecule has 0 spiro atoms. The van der Waals surface area contributed by atoms with Crippen molar-refractivity contribution in [3.8, 4) is 0 Å². The van der Waals surface area contributed by atoms with Gasteiger partial charge in [-0.3, -0.25) is 4.79 Å². The van der Waals surface area contributed by atoms with Gasteiger partial charge in [0.25, 0.3) is 0 Å². The molecule has 0 bridgehead atoms. The molecule has 1 aromatic heterocycles. The Balaban J connectivity index is 1.82. The fraction of sp³-hybridized carbons (Fsp3) is 0.545. The second-order valence-corrected chi connectivity index (χ2v) is 11.2. The fourth-order valence-electron chi connectivity index (χ4n) is 3.03. The SMILES string of the molecule is CC(=O)c1cc2cc(CCCCCCCS(=O)(=O)C(C)(C)C)ccc2oc1=O. The quantitative estimate of drug-likeness (QED) is 0.342. The Kier molecular flexibility index (Phi) is 7.21. The molecule has 0 radical (unpaired) electrons. The normalized spacial score (nSPS) is 12.4. The minimum atomic E-state index is -3.02. The molecule has 1 heterocycles. The molecule has 0 saturated carbocycles. The van der Waals surface area contributed by atoms with Crippen LogP contribution in [0.25, 0.3) is 11.0 Å². The first-order chi connectivity index (χ1) is 13.0. The predicted octanol–water partition coefficient (Wildman–Crippen LogP) is 4.70. The Labute approximate surface area is 167 Å². The van der Waals surface area contributed by atoms with Crippen LogP contribution in [0.3, 0.4) is 0 Å². The largest absolute Gasteiger partial charge is 0.422 e. The third-order valence-electron chi connectivity index (χ3n) is 4.99. The molecule has 0 atom stereocenters. The molecule has 28 heavy (non-hydrogen) atoms. The van der Waals surface area contributed by atoms with E-state index in [2.05, 4.69) is 0 Å². The van der Waals surface area contributed by atoms with Crippen molar-refractivity contribution in [1.29, 1.82) is 0 Å². The number of aryl methyl sites for hydroxylation is 1. The zero-order valence-corrected chi connectivity index (χ0v) is 18.0. The van der Waals surface area contributed by atoms with E-state index in [-0.39, 0.29) is 17.1 Å². The standard InChI is InChI=1S/C22H30O5S/c1-16(23)19-15-18-14-17(11-12-20(18)27-21(19)24)10-8-6-5-7-9-13-28(25,26)22(2,3)4/h11-12,14-15H,5-10,13H2,1-4H3. The van der Waals surface area contributed by atoms with Gasteiger partial charge in [-0.2, -0.15) is 0 Å². The summed E-state index contributed by atoms with van der Waals surface area (Å²) < 4.78 is 28.7. The minimum absolute atomic E-state index is 0.0786. The van der Waals surface area contributed by atoms with E-state index >= 15 is 0 Å². The molecule has 154 valence electrons. The maximum atomic E-state index is 12.1. The van der Waals surface area contributed by atoms with Crippen LogP contribution >= 0.6 is 0 Å². The summed E-state index contributed by atoms with van der Waals surface area (Å²) in [5.74, 6) is -0.0419. The number of hydrogen-bond donors (Lipinski definition) is 0. The van der Waals surface area contributed by atoms with Crippen LogP contribution in [0.1, 0.15) is 75.7 Å². The van der Waals surface area contributed by atoms with E-state index in [1.165, 1.54) is 6.92 Å². The van der Waals surface area contributed by atoms with E-state index in [0.717, 1.165) is 43.1 Å². The lowest BCUT2D eigenvalue weighted by atomic mass is 10.0. The average molecular weight is 407 g/mol. The second kappa shape index (κ2) is 9.03. The molecule has 2 aromatic rings. The summed E-state index contributed by atoms with van der Waals surface area (Å²) >= 11 is 0. The number of carbonyl (C=O) groups excluding carboxylic acids is 1. The van der Waals surface area contributed by atoms with Crippen LogP contribution in [0.4, 0.5) is 0 Å². The van der Waals surface area contributed by atoms with Crippen LogP contribution in [0.2, 0.25) is 0 Å². The molecule has 1 aromatic carbocycles. The number of unbranched alkanes of at least 4 members (excludes halogenated alkanes) is 4. The first-order valence-electron chi connectivity index (χ1n) is 9.81. The van der Waals surface area contributed by atoms with Gasteiger partial charge in [-0.15, -0.1) is 0 Å². The summed E-state index contributed by atoms with van der Waals surface area (Å²) in [5, 5.41) is 0.759. The molecule has 0 unspecified atom stereocenters. The number of sulfone groups is 1. The van der Waals surface area contributed by atoms with Crippen LogP contribution in [0.5, 0.6) is 0 Å². The molecular weight excluding hydrogens is 376 g/mol. The molecule has 0 aliphatic heterocycles. The van der Waals surface area contributed by atoms with Crippen molar-refractivity contribution in [2.75, 3.05) is 5.75 Å². The van der Waals surface area contributed by atoms with E-state index in [1.54, 1.807) is 32.9 Å². The van der Waals surface area contributed by atoms with E-state index in [9.17, 15) is 18.0 Å². The van der Waals surface area contributed by atoms with Crippen molar-refractivity contribution in [3.63, 3.8) is 0 Å². The van der Waals surface area contributed by atoms with E-state index < -0.39 is 20.2 Å². The van der Waals surface area contributed by atoms with E-state index in [0.29, 0.717) is 12.0 Å². The molecular formula is C22H30O5S. The molecule has 0 fully saturated rings. The van der Waals surface area contributed by atoms with Gasteiger partial charge < -0.3 is 4.42 Å². The number of hydrogen-bond acceptors (Lipinski definition) is 5. The molecule has 0 aliphatic carbocycles. The minimum Gasteiger partial charge on any atom is -0.422 e. The number of fused-ring (bicyclic) bond motifs is 1. The van der Waals surface area contributed by atoms with Gasteiger partial charge in [-0.1, -0.05) is 25.3 Å². The lowest BCUT2D eigenvalue weighted by Crippen LogP contribution is -2.30. The summed E-state index contributed by atoms with van der Waals surface area (Å²) in [6.07, 6.45) is 5.58. The van der Waals surface area contributed by atoms with Gasteiger partial charge >= 0.3 is 5.63 Å². The first kappa shape index (κ1) is 22.3. The van der Waals surface area contributed by atoms with Crippen LogP contribution in [-0.2, 0) is 16.3 Å². The highest BCUT2D eigenvalue weighted by Crippen LogP contribution is 2.20. The van der Waals surface area contributed by atoms with Crippen molar-refractivity contribution in [2.24, 2.45) is 0 Å². The molecule has 0 amide bonds. The number of benzene rings is 1. The third kappa shape index (κ3) is 5.77. The van der Waals surface area contributed by atoms with E-state index in [1.807, 2.05) is 12.1 Å². The molecule has 2 rings (SSSR count). The Morgan fingerprint density at radius 3 is 2.29 bits per heavy atom.